The molecule has 0 spiro atoms. The van der Waals surface area contributed by atoms with Crippen molar-refractivity contribution in [3.63, 3.8) is 0 Å². The summed E-state index contributed by atoms with van der Waals surface area (Å²) in [5, 5.41) is 0. The number of rotatable bonds is 7. The molecular formula is C25H35N3O4. The molecule has 7 nitrogen and oxygen atoms in total. The monoisotopic (exact) mass is 441 g/mol. The number of morpholine rings is 1. The molecule has 0 aliphatic carbocycles. The van der Waals surface area contributed by atoms with E-state index < -0.39 is 0 Å². The molecule has 1 aromatic rings. The fraction of sp³-hybridized carbons (Fsp3) is 0.640. The first-order valence-corrected chi connectivity index (χ1v) is 12.1. The summed E-state index contributed by atoms with van der Waals surface area (Å²) < 4.78 is 5.39. The maximum absolute atomic E-state index is 13.2. The van der Waals surface area contributed by atoms with Crippen molar-refractivity contribution in [3.05, 3.63) is 35.9 Å². The number of hydrogen-bond donors (Lipinski definition) is 0. The van der Waals surface area contributed by atoms with Crippen LogP contribution in [0.2, 0.25) is 0 Å². The van der Waals surface area contributed by atoms with E-state index in [1.807, 2.05) is 40.1 Å². The van der Waals surface area contributed by atoms with E-state index in [-0.39, 0.29) is 29.4 Å². The predicted octanol–water partition coefficient (Wildman–Crippen LogP) is 2.07. The molecule has 3 fully saturated rings. The van der Waals surface area contributed by atoms with E-state index in [4.69, 9.17) is 4.74 Å². The lowest BCUT2D eigenvalue weighted by atomic mass is 9.88. The number of ether oxygens (including phenoxy) is 1. The van der Waals surface area contributed by atoms with Gasteiger partial charge in [-0.15, -0.1) is 0 Å². The molecule has 0 saturated carbocycles. The average Bonchev–Trinajstić information content (AvgIpc) is 2.85. The van der Waals surface area contributed by atoms with E-state index in [1.165, 1.54) is 0 Å². The third-order valence-corrected chi connectivity index (χ3v) is 7.09. The molecule has 3 saturated heterocycles. The lowest BCUT2D eigenvalue weighted by Gasteiger charge is -2.37. The van der Waals surface area contributed by atoms with Crippen LogP contribution in [0.5, 0.6) is 0 Å². The normalized spacial score (nSPS) is 23.4. The van der Waals surface area contributed by atoms with Crippen LogP contribution in [-0.4, -0.2) is 91.3 Å². The van der Waals surface area contributed by atoms with Crippen molar-refractivity contribution in [1.29, 1.82) is 0 Å². The highest BCUT2D eigenvalue weighted by atomic mass is 16.5. The van der Waals surface area contributed by atoms with Gasteiger partial charge >= 0.3 is 0 Å². The Balaban J connectivity index is 1.23. The van der Waals surface area contributed by atoms with Gasteiger partial charge in [0.05, 0.1) is 19.1 Å². The highest BCUT2D eigenvalue weighted by Crippen LogP contribution is 2.26. The summed E-state index contributed by atoms with van der Waals surface area (Å²) in [7, 11) is 0. The molecule has 2 amide bonds. The topological polar surface area (TPSA) is 70.2 Å². The van der Waals surface area contributed by atoms with Gasteiger partial charge in [0.2, 0.25) is 11.8 Å². The summed E-state index contributed by atoms with van der Waals surface area (Å²) in [6.07, 6.45) is 3.46. The summed E-state index contributed by atoms with van der Waals surface area (Å²) in [5.74, 6) is 0.389. The molecule has 0 bridgehead atoms. The second-order valence-electron chi connectivity index (χ2n) is 9.21. The number of benzene rings is 1. The van der Waals surface area contributed by atoms with Crippen molar-refractivity contribution < 1.29 is 19.1 Å². The van der Waals surface area contributed by atoms with E-state index in [0.717, 1.165) is 44.8 Å². The Morgan fingerprint density at radius 3 is 2.34 bits per heavy atom. The summed E-state index contributed by atoms with van der Waals surface area (Å²) in [5.41, 5.74) is 0.760. The van der Waals surface area contributed by atoms with Crippen LogP contribution in [0.15, 0.2) is 30.3 Å². The van der Waals surface area contributed by atoms with Gasteiger partial charge in [-0.1, -0.05) is 30.3 Å². The lowest BCUT2D eigenvalue weighted by Crippen LogP contribution is -2.49. The fourth-order valence-electron chi connectivity index (χ4n) is 5.10. The minimum Gasteiger partial charge on any atom is -0.379 e. The van der Waals surface area contributed by atoms with Crippen LogP contribution in [0.4, 0.5) is 0 Å². The van der Waals surface area contributed by atoms with Gasteiger partial charge in [-0.3, -0.25) is 19.3 Å². The molecular weight excluding hydrogens is 406 g/mol. The maximum atomic E-state index is 13.2. The lowest BCUT2D eigenvalue weighted by molar-refractivity contribution is -0.144. The minimum atomic E-state index is -0.113. The van der Waals surface area contributed by atoms with E-state index in [0.29, 0.717) is 51.9 Å². The Kier molecular flexibility index (Phi) is 7.92. The molecule has 3 aliphatic rings. The third kappa shape index (κ3) is 5.75. The van der Waals surface area contributed by atoms with Gasteiger partial charge in [0.15, 0.2) is 5.78 Å². The molecule has 0 aromatic heterocycles. The smallest absolute Gasteiger partial charge is 0.227 e. The molecule has 3 heterocycles. The van der Waals surface area contributed by atoms with E-state index in [2.05, 4.69) is 4.90 Å². The van der Waals surface area contributed by atoms with Gasteiger partial charge in [-0.05, 0) is 25.7 Å². The number of carbonyl (C=O) groups is 3. The number of carbonyl (C=O) groups excluding carboxylic acids is 3. The summed E-state index contributed by atoms with van der Waals surface area (Å²) >= 11 is 0. The number of amides is 2. The van der Waals surface area contributed by atoms with Crippen molar-refractivity contribution in [2.75, 3.05) is 59.0 Å². The first-order valence-electron chi connectivity index (χ1n) is 12.1. The predicted molar refractivity (Wildman–Crippen MR) is 121 cm³/mol. The molecule has 0 N–H and O–H groups in total. The van der Waals surface area contributed by atoms with E-state index in [1.54, 1.807) is 0 Å². The van der Waals surface area contributed by atoms with E-state index in [9.17, 15) is 14.4 Å². The van der Waals surface area contributed by atoms with Crippen LogP contribution in [0, 0.1) is 11.8 Å². The highest BCUT2D eigenvalue weighted by molar-refractivity contribution is 5.98. The zero-order chi connectivity index (χ0) is 22.3. The molecule has 3 aliphatic heterocycles. The Bertz CT molecular complexity index is 786. The van der Waals surface area contributed by atoms with Gasteiger partial charge in [-0.2, -0.15) is 0 Å². The quantitative estimate of drug-likeness (QED) is 0.606. The first-order chi connectivity index (χ1) is 15.6. The van der Waals surface area contributed by atoms with Crippen LogP contribution >= 0.6 is 0 Å². The molecule has 0 unspecified atom stereocenters. The van der Waals surface area contributed by atoms with Crippen LogP contribution in [-0.2, 0) is 14.3 Å². The summed E-state index contributed by atoms with van der Waals surface area (Å²) in [4.78, 5) is 44.5. The average molecular weight is 442 g/mol. The van der Waals surface area contributed by atoms with Crippen molar-refractivity contribution >= 4 is 17.6 Å². The number of nitrogens with zero attached hydrogens (tertiary/aromatic N) is 3. The van der Waals surface area contributed by atoms with Crippen LogP contribution in [0.3, 0.4) is 0 Å². The van der Waals surface area contributed by atoms with E-state index >= 15 is 0 Å². The van der Waals surface area contributed by atoms with Crippen molar-refractivity contribution in [2.45, 2.75) is 32.1 Å². The molecule has 32 heavy (non-hydrogen) atoms. The summed E-state index contributed by atoms with van der Waals surface area (Å²) in [6, 6.07) is 9.43. The molecule has 7 heteroatoms. The number of piperidine rings is 2. The SMILES string of the molecule is O=C(c1ccccc1)C1CCN(C(=O)[C@H]2CCC(=O)N(CCCN3CCOCC3)C2)CC1. The Morgan fingerprint density at radius 1 is 0.906 bits per heavy atom. The summed E-state index contributed by atoms with van der Waals surface area (Å²) in [6.45, 7) is 6.95. The van der Waals surface area contributed by atoms with Gasteiger partial charge in [0, 0.05) is 63.7 Å². The van der Waals surface area contributed by atoms with Gasteiger partial charge in [0.1, 0.15) is 0 Å². The second-order valence-corrected chi connectivity index (χ2v) is 9.21. The number of likely N-dealkylation sites (tertiary alicyclic amines) is 2. The van der Waals surface area contributed by atoms with Crippen molar-refractivity contribution in [2.24, 2.45) is 11.8 Å². The Hall–Kier alpha value is -2.25. The van der Waals surface area contributed by atoms with Gasteiger partial charge in [-0.25, -0.2) is 0 Å². The molecule has 4 rings (SSSR count). The van der Waals surface area contributed by atoms with Gasteiger partial charge < -0.3 is 14.5 Å². The number of ketones is 1. The van der Waals surface area contributed by atoms with Crippen LogP contribution in [0.25, 0.3) is 0 Å². The Morgan fingerprint density at radius 2 is 1.62 bits per heavy atom. The van der Waals surface area contributed by atoms with Gasteiger partial charge in [0.25, 0.3) is 0 Å². The van der Waals surface area contributed by atoms with Crippen LogP contribution < -0.4 is 0 Å². The molecule has 174 valence electrons. The molecule has 1 aromatic carbocycles. The maximum Gasteiger partial charge on any atom is 0.227 e. The van der Waals surface area contributed by atoms with Crippen LogP contribution in [0.1, 0.15) is 42.5 Å². The second kappa shape index (κ2) is 11.1. The largest absolute Gasteiger partial charge is 0.379 e. The molecule has 1 atom stereocenters. The number of hydrogen-bond acceptors (Lipinski definition) is 5. The zero-order valence-corrected chi connectivity index (χ0v) is 18.9. The van der Waals surface area contributed by atoms with Crippen molar-refractivity contribution in [3.8, 4) is 0 Å². The molecule has 0 radical (unpaired) electrons. The minimum absolute atomic E-state index is 0.00827. The standard InChI is InChI=1S/C25H35N3O4/c29-23-8-7-22(19-28(23)12-4-11-26-15-17-32-18-16-26)25(31)27-13-9-21(10-14-27)24(30)20-5-2-1-3-6-20/h1-3,5-6,21-22H,4,7-19H2/t22-/m0/s1. The third-order valence-electron chi connectivity index (χ3n) is 7.09. The first kappa shape index (κ1) is 22.9. The Labute approximate surface area is 190 Å². The zero-order valence-electron chi connectivity index (χ0n) is 18.9. The highest BCUT2D eigenvalue weighted by Gasteiger charge is 2.35. The van der Waals surface area contributed by atoms with Crippen molar-refractivity contribution in [1.82, 2.24) is 14.7 Å². The number of Topliss-reactive ketones (excluding diaryl/α,β-unsaturated/α-hetero) is 1. The fourth-order valence-corrected chi connectivity index (χ4v) is 5.10.